The average Bonchev–Trinajstić information content (AvgIpc) is 2.48. The third-order valence-electron chi connectivity index (χ3n) is 3.63. The fourth-order valence-corrected chi connectivity index (χ4v) is 2.56. The van der Waals surface area contributed by atoms with Gasteiger partial charge >= 0.3 is 0 Å². The number of aromatic nitrogens is 1. The quantitative estimate of drug-likeness (QED) is 0.927. The van der Waals surface area contributed by atoms with Gasteiger partial charge in [-0.25, -0.2) is 4.39 Å². The minimum atomic E-state index is -0.781. The van der Waals surface area contributed by atoms with E-state index in [1.807, 2.05) is 6.92 Å². The number of hydrogen-bond acceptors (Lipinski definition) is 4. The van der Waals surface area contributed by atoms with E-state index in [9.17, 15) is 18.8 Å². The van der Waals surface area contributed by atoms with Gasteiger partial charge in [-0.3, -0.25) is 19.7 Å². The van der Waals surface area contributed by atoms with Crippen molar-refractivity contribution in [2.24, 2.45) is 0 Å². The number of amides is 2. The molecule has 0 aliphatic rings. The van der Waals surface area contributed by atoms with Crippen LogP contribution < -0.4 is 15.6 Å². The van der Waals surface area contributed by atoms with Crippen molar-refractivity contribution in [1.29, 1.82) is 0 Å². The van der Waals surface area contributed by atoms with E-state index in [4.69, 9.17) is 0 Å². The molecule has 0 fully saturated rings. The Bertz CT molecular complexity index is 871. The van der Waals surface area contributed by atoms with Gasteiger partial charge in [-0.1, -0.05) is 6.92 Å². The van der Waals surface area contributed by atoms with Crippen LogP contribution in [0, 0.1) is 5.82 Å². The van der Waals surface area contributed by atoms with Crippen LogP contribution in [0.2, 0.25) is 0 Å². The highest BCUT2D eigenvalue weighted by atomic mass is 19.1. The SMILES string of the molecule is CCCn1cc(C(=O)NC(C)=O)c(=O)c2cc(F)c(N(C)C)cc21. The van der Waals surface area contributed by atoms with Gasteiger partial charge in [0, 0.05) is 39.1 Å². The van der Waals surface area contributed by atoms with Crippen molar-refractivity contribution in [3.05, 3.63) is 39.9 Å². The number of hydrogen-bond donors (Lipinski definition) is 1. The number of anilines is 1. The summed E-state index contributed by atoms with van der Waals surface area (Å²) >= 11 is 0. The molecule has 0 bridgehead atoms. The van der Waals surface area contributed by atoms with Gasteiger partial charge in [-0.05, 0) is 18.6 Å². The molecule has 128 valence electrons. The summed E-state index contributed by atoms with van der Waals surface area (Å²) < 4.78 is 16.0. The number of fused-ring (bicyclic) bond motifs is 1. The molecule has 0 spiro atoms. The third-order valence-corrected chi connectivity index (χ3v) is 3.63. The first kappa shape index (κ1) is 17.7. The molecule has 0 saturated carbocycles. The summed E-state index contributed by atoms with van der Waals surface area (Å²) in [6, 6.07) is 2.73. The summed E-state index contributed by atoms with van der Waals surface area (Å²) in [6.07, 6.45) is 2.18. The van der Waals surface area contributed by atoms with Gasteiger partial charge in [0.15, 0.2) is 0 Å². The summed E-state index contributed by atoms with van der Waals surface area (Å²) in [4.78, 5) is 37.4. The molecule has 2 aromatic rings. The van der Waals surface area contributed by atoms with Crippen LogP contribution in [0.5, 0.6) is 0 Å². The average molecular weight is 333 g/mol. The molecule has 0 radical (unpaired) electrons. The Hall–Kier alpha value is -2.70. The van der Waals surface area contributed by atoms with Crippen molar-refractivity contribution in [2.45, 2.75) is 26.8 Å². The molecule has 0 unspecified atom stereocenters. The number of carbonyl (C=O) groups excluding carboxylic acids is 2. The molecule has 1 aromatic heterocycles. The van der Waals surface area contributed by atoms with Crippen molar-refractivity contribution in [1.82, 2.24) is 9.88 Å². The first-order valence-electron chi connectivity index (χ1n) is 7.62. The number of halogens is 1. The zero-order chi connectivity index (χ0) is 18.0. The van der Waals surface area contributed by atoms with Crippen LogP contribution in [0.1, 0.15) is 30.6 Å². The lowest BCUT2D eigenvalue weighted by atomic mass is 10.1. The maximum Gasteiger partial charge on any atom is 0.263 e. The number of carbonyl (C=O) groups is 2. The molecule has 0 saturated heterocycles. The van der Waals surface area contributed by atoms with Crippen LogP contribution in [0.3, 0.4) is 0 Å². The van der Waals surface area contributed by atoms with E-state index in [1.54, 1.807) is 29.6 Å². The monoisotopic (exact) mass is 333 g/mol. The smallest absolute Gasteiger partial charge is 0.263 e. The normalized spacial score (nSPS) is 10.7. The molecular weight excluding hydrogens is 313 g/mol. The van der Waals surface area contributed by atoms with E-state index in [-0.39, 0.29) is 10.9 Å². The van der Waals surface area contributed by atoms with E-state index in [0.29, 0.717) is 17.7 Å². The number of nitrogens with zero attached hydrogens (tertiary/aromatic N) is 2. The molecule has 2 rings (SSSR count). The van der Waals surface area contributed by atoms with Crippen LogP contribution in [0.15, 0.2) is 23.1 Å². The maximum absolute atomic E-state index is 14.3. The van der Waals surface area contributed by atoms with E-state index in [1.165, 1.54) is 13.1 Å². The molecule has 1 heterocycles. The topological polar surface area (TPSA) is 71.4 Å². The Morgan fingerprint density at radius 3 is 2.50 bits per heavy atom. The summed E-state index contributed by atoms with van der Waals surface area (Å²) in [5.74, 6) is -1.89. The van der Waals surface area contributed by atoms with Crippen LogP contribution in [-0.2, 0) is 11.3 Å². The van der Waals surface area contributed by atoms with Crippen LogP contribution in [0.25, 0.3) is 10.9 Å². The second kappa shape index (κ2) is 6.82. The summed E-state index contributed by atoms with van der Waals surface area (Å²) in [5, 5.41) is 2.20. The lowest BCUT2D eigenvalue weighted by molar-refractivity contribution is -0.118. The maximum atomic E-state index is 14.3. The predicted molar refractivity (Wildman–Crippen MR) is 90.9 cm³/mol. The standard InChI is InChI=1S/C17H20FN3O3/c1-5-6-21-9-12(17(24)19-10(2)22)16(23)11-7-13(18)15(20(3)4)8-14(11)21/h7-9H,5-6H2,1-4H3,(H,19,22,24). The zero-order valence-corrected chi connectivity index (χ0v) is 14.1. The Balaban J connectivity index is 2.79. The van der Waals surface area contributed by atoms with Crippen molar-refractivity contribution in [3.8, 4) is 0 Å². The highest BCUT2D eigenvalue weighted by molar-refractivity contribution is 6.05. The molecule has 24 heavy (non-hydrogen) atoms. The fraction of sp³-hybridized carbons (Fsp3) is 0.353. The van der Waals surface area contributed by atoms with Crippen molar-refractivity contribution >= 4 is 28.4 Å². The van der Waals surface area contributed by atoms with Gasteiger partial charge in [0.05, 0.1) is 11.2 Å². The number of nitrogens with one attached hydrogen (secondary N) is 1. The highest BCUT2D eigenvalue weighted by Gasteiger charge is 2.18. The van der Waals surface area contributed by atoms with E-state index in [2.05, 4.69) is 5.32 Å². The minimum Gasteiger partial charge on any atom is -0.375 e. The van der Waals surface area contributed by atoms with Gasteiger partial charge in [-0.15, -0.1) is 0 Å². The number of rotatable bonds is 4. The second-order valence-corrected chi connectivity index (χ2v) is 5.79. The lowest BCUT2D eigenvalue weighted by Crippen LogP contribution is -2.33. The molecule has 0 aliphatic carbocycles. The van der Waals surface area contributed by atoms with E-state index in [0.717, 1.165) is 12.5 Å². The molecule has 7 heteroatoms. The van der Waals surface area contributed by atoms with Crippen LogP contribution in [0.4, 0.5) is 10.1 Å². The molecular formula is C17H20FN3O3. The number of pyridine rings is 1. The van der Waals surface area contributed by atoms with Crippen molar-refractivity contribution in [3.63, 3.8) is 0 Å². The molecule has 2 amide bonds. The predicted octanol–water partition coefficient (Wildman–Crippen LogP) is 1.89. The largest absolute Gasteiger partial charge is 0.375 e. The van der Waals surface area contributed by atoms with Gasteiger partial charge < -0.3 is 9.47 Å². The van der Waals surface area contributed by atoms with Gasteiger partial charge in [0.2, 0.25) is 11.3 Å². The summed E-state index contributed by atoms with van der Waals surface area (Å²) in [5.41, 5.74) is 0.127. The first-order valence-corrected chi connectivity index (χ1v) is 7.62. The molecule has 1 N–H and O–H groups in total. The number of benzene rings is 1. The summed E-state index contributed by atoms with van der Waals surface area (Å²) in [7, 11) is 3.42. The molecule has 6 nitrogen and oxygen atoms in total. The van der Waals surface area contributed by atoms with Crippen molar-refractivity contribution in [2.75, 3.05) is 19.0 Å². The Kier molecular flexibility index (Phi) is 5.02. The van der Waals surface area contributed by atoms with E-state index >= 15 is 0 Å². The minimum absolute atomic E-state index is 0.114. The lowest BCUT2D eigenvalue weighted by Gasteiger charge is -2.17. The highest BCUT2D eigenvalue weighted by Crippen LogP contribution is 2.24. The summed E-state index contributed by atoms with van der Waals surface area (Å²) in [6.45, 7) is 3.69. The molecule has 0 aliphatic heterocycles. The molecule has 1 aromatic carbocycles. The fourth-order valence-electron chi connectivity index (χ4n) is 2.56. The van der Waals surface area contributed by atoms with Crippen molar-refractivity contribution < 1.29 is 14.0 Å². The van der Waals surface area contributed by atoms with E-state index < -0.39 is 23.1 Å². The Morgan fingerprint density at radius 1 is 1.29 bits per heavy atom. The van der Waals surface area contributed by atoms with Gasteiger partial charge in [0.1, 0.15) is 11.4 Å². The Labute approximate surface area is 138 Å². The Morgan fingerprint density at radius 2 is 1.96 bits per heavy atom. The van der Waals surface area contributed by atoms with Crippen LogP contribution >= 0.6 is 0 Å². The first-order chi connectivity index (χ1) is 11.3. The zero-order valence-electron chi connectivity index (χ0n) is 14.1. The van der Waals surface area contributed by atoms with Gasteiger partial charge in [0.25, 0.3) is 5.91 Å². The third kappa shape index (κ3) is 3.29. The van der Waals surface area contributed by atoms with Crippen LogP contribution in [-0.4, -0.2) is 30.5 Å². The number of imide groups is 1. The number of aryl methyl sites for hydroxylation is 1. The van der Waals surface area contributed by atoms with Gasteiger partial charge in [-0.2, -0.15) is 0 Å². The second-order valence-electron chi connectivity index (χ2n) is 5.79. The molecule has 0 atom stereocenters.